The summed E-state index contributed by atoms with van der Waals surface area (Å²) in [7, 11) is 2.51. The molecule has 4 rings (SSSR count). The standard InChI is InChI=1S/C26H15Cl4O2P/c27-16-8-4-9-17(28)22(16)25(31)21-15(14-6-2-1-3-7-14)12-13-20(33)24(21)26(32)23-18(29)10-5-11-19(23)30/h1-13H,33H2. The lowest BCUT2D eigenvalue weighted by atomic mass is 9.87. The minimum atomic E-state index is -0.472. The molecule has 1 unspecified atom stereocenters. The molecule has 0 saturated heterocycles. The Morgan fingerprint density at radius 2 is 0.970 bits per heavy atom. The SMILES string of the molecule is O=C(c1c(Cl)cccc1Cl)c1c(P)ccc(-c2ccccc2)c1C(=O)c1c(Cl)cccc1Cl. The van der Waals surface area contributed by atoms with Crippen molar-refractivity contribution in [3.8, 4) is 11.1 Å². The molecule has 164 valence electrons. The minimum absolute atomic E-state index is 0.118. The van der Waals surface area contributed by atoms with E-state index in [9.17, 15) is 9.59 Å². The minimum Gasteiger partial charge on any atom is -0.288 e. The quantitative estimate of drug-likeness (QED) is 0.193. The van der Waals surface area contributed by atoms with Crippen molar-refractivity contribution in [2.75, 3.05) is 0 Å². The third-order valence-electron chi connectivity index (χ3n) is 5.16. The highest BCUT2D eigenvalue weighted by atomic mass is 35.5. The number of rotatable bonds is 5. The number of halogens is 4. The van der Waals surface area contributed by atoms with Gasteiger partial charge in [0.1, 0.15) is 0 Å². The zero-order chi connectivity index (χ0) is 23.7. The van der Waals surface area contributed by atoms with Gasteiger partial charge in [0.25, 0.3) is 0 Å². The number of ketones is 2. The second-order valence-electron chi connectivity index (χ2n) is 7.17. The fourth-order valence-electron chi connectivity index (χ4n) is 3.64. The van der Waals surface area contributed by atoms with E-state index < -0.39 is 11.6 Å². The summed E-state index contributed by atoms with van der Waals surface area (Å²) in [6.07, 6.45) is 0. The second kappa shape index (κ2) is 9.97. The molecule has 4 aromatic rings. The lowest BCUT2D eigenvalue weighted by molar-refractivity contribution is 0.100. The number of carbonyl (C=O) groups is 2. The first-order chi connectivity index (χ1) is 15.8. The van der Waals surface area contributed by atoms with Gasteiger partial charge in [0, 0.05) is 11.1 Å². The van der Waals surface area contributed by atoms with Crippen LogP contribution in [0, 0.1) is 0 Å². The molecule has 0 fully saturated rings. The normalized spacial score (nSPS) is 10.8. The maximum Gasteiger partial charge on any atom is 0.197 e. The van der Waals surface area contributed by atoms with Crippen molar-refractivity contribution in [1.29, 1.82) is 0 Å². The van der Waals surface area contributed by atoms with Crippen LogP contribution < -0.4 is 5.30 Å². The molecule has 0 N–H and O–H groups in total. The van der Waals surface area contributed by atoms with Crippen LogP contribution in [0.5, 0.6) is 0 Å². The lowest BCUT2D eigenvalue weighted by Gasteiger charge is -2.18. The molecular formula is C26H15Cl4O2P. The Balaban J connectivity index is 2.07. The molecule has 0 spiro atoms. The van der Waals surface area contributed by atoms with Crippen molar-refractivity contribution in [2.24, 2.45) is 0 Å². The van der Waals surface area contributed by atoms with Crippen LogP contribution in [0.1, 0.15) is 31.8 Å². The van der Waals surface area contributed by atoms with Gasteiger partial charge in [-0.2, -0.15) is 0 Å². The van der Waals surface area contributed by atoms with Crippen LogP contribution >= 0.6 is 55.6 Å². The van der Waals surface area contributed by atoms with Crippen LogP contribution in [0.25, 0.3) is 11.1 Å². The molecule has 0 aromatic heterocycles. The van der Waals surface area contributed by atoms with E-state index in [1.54, 1.807) is 48.5 Å². The van der Waals surface area contributed by atoms with Crippen molar-refractivity contribution < 1.29 is 9.59 Å². The first kappa shape index (κ1) is 24.0. The Hall–Kier alpha value is -2.19. The average molecular weight is 532 g/mol. The summed E-state index contributed by atoms with van der Waals surface area (Å²) in [4.78, 5) is 27.8. The third-order valence-corrected chi connectivity index (χ3v) is 6.90. The van der Waals surface area contributed by atoms with E-state index in [4.69, 9.17) is 46.4 Å². The van der Waals surface area contributed by atoms with Crippen LogP contribution in [0.2, 0.25) is 20.1 Å². The highest BCUT2D eigenvalue weighted by Crippen LogP contribution is 2.35. The summed E-state index contributed by atoms with van der Waals surface area (Å²) in [5, 5.41) is 1.28. The first-order valence-electron chi connectivity index (χ1n) is 9.76. The van der Waals surface area contributed by atoms with Gasteiger partial charge in [0.2, 0.25) is 0 Å². The van der Waals surface area contributed by atoms with Crippen LogP contribution in [0.15, 0.2) is 78.9 Å². The molecular weight excluding hydrogens is 517 g/mol. The smallest absolute Gasteiger partial charge is 0.197 e. The monoisotopic (exact) mass is 530 g/mol. The predicted molar refractivity (Wildman–Crippen MR) is 141 cm³/mol. The highest BCUT2D eigenvalue weighted by Gasteiger charge is 2.29. The van der Waals surface area contributed by atoms with Crippen molar-refractivity contribution in [3.05, 3.63) is 121 Å². The predicted octanol–water partition coefficient (Wildman–Crippen LogP) is 7.93. The third kappa shape index (κ3) is 4.60. The fourth-order valence-corrected chi connectivity index (χ4v) is 5.15. The van der Waals surface area contributed by atoms with Gasteiger partial charge in [0.15, 0.2) is 11.6 Å². The van der Waals surface area contributed by atoms with Crippen LogP contribution in [-0.2, 0) is 0 Å². The second-order valence-corrected chi connectivity index (χ2v) is 9.42. The molecule has 4 aromatic carbocycles. The van der Waals surface area contributed by atoms with Crippen molar-refractivity contribution in [2.45, 2.75) is 0 Å². The summed E-state index contributed by atoms with van der Waals surface area (Å²) in [6.45, 7) is 0. The molecule has 0 aliphatic carbocycles. The van der Waals surface area contributed by atoms with E-state index in [0.717, 1.165) is 5.56 Å². The van der Waals surface area contributed by atoms with Gasteiger partial charge >= 0.3 is 0 Å². The van der Waals surface area contributed by atoms with Crippen molar-refractivity contribution in [1.82, 2.24) is 0 Å². The summed E-state index contributed by atoms with van der Waals surface area (Å²) < 4.78 is 0. The summed E-state index contributed by atoms with van der Waals surface area (Å²) >= 11 is 25.4. The van der Waals surface area contributed by atoms with E-state index in [2.05, 4.69) is 9.24 Å². The molecule has 0 bridgehead atoms. The zero-order valence-corrected chi connectivity index (χ0v) is 21.1. The van der Waals surface area contributed by atoms with Gasteiger partial charge < -0.3 is 0 Å². The number of hydrogen-bond acceptors (Lipinski definition) is 2. The van der Waals surface area contributed by atoms with E-state index in [1.807, 2.05) is 30.3 Å². The molecule has 1 atom stereocenters. The van der Waals surface area contributed by atoms with Gasteiger partial charge in [-0.05, 0) is 40.7 Å². The molecule has 0 heterocycles. The van der Waals surface area contributed by atoms with Gasteiger partial charge in [-0.15, -0.1) is 9.24 Å². The fraction of sp³-hybridized carbons (Fsp3) is 0. The maximum atomic E-state index is 14.0. The Kier molecular flexibility index (Phi) is 7.24. The van der Waals surface area contributed by atoms with Gasteiger partial charge in [0.05, 0.1) is 31.2 Å². The molecule has 0 aliphatic heterocycles. The number of carbonyl (C=O) groups excluding carboxylic acids is 2. The molecule has 33 heavy (non-hydrogen) atoms. The van der Waals surface area contributed by atoms with Gasteiger partial charge in [-0.25, -0.2) is 0 Å². The van der Waals surface area contributed by atoms with Crippen LogP contribution in [0.4, 0.5) is 0 Å². The molecule has 2 nitrogen and oxygen atoms in total. The Morgan fingerprint density at radius 1 is 0.515 bits per heavy atom. The lowest BCUT2D eigenvalue weighted by Crippen LogP contribution is -2.20. The number of benzene rings is 4. The first-order valence-corrected chi connectivity index (χ1v) is 11.9. The van der Waals surface area contributed by atoms with Crippen LogP contribution in [0.3, 0.4) is 0 Å². The molecule has 7 heteroatoms. The van der Waals surface area contributed by atoms with E-state index >= 15 is 0 Å². The maximum absolute atomic E-state index is 14.0. The summed E-state index contributed by atoms with van der Waals surface area (Å²) in [5.41, 5.74) is 1.90. The number of hydrogen-bond donors (Lipinski definition) is 0. The van der Waals surface area contributed by atoms with Crippen molar-refractivity contribution >= 4 is 72.5 Å². The van der Waals surface area contributed by atoms with Crippen molar-refractivity contribution in [3.63, 3.8) is 0 Å². The Bertz CT molecular complexity index is 1360. The zero-order valence-electron chi connectivity index (χ0n) is 16.9. The van der Waals surface area contributed by atoms with Gasteiger partial charge in [-0.1, -0.05) is 101 Å². The molecule has 0 saturated carbocycles. The largest absolute Gasteiger partial charge is 0.288 e. The van der Waals surface area contributed by atoms with E-state index in [1.165, 1.54) is 0 Å². The topological polar surface area (TPSA) is 34.1 Å². The molecule has 0 aliphatic rings. The van der Waals surface area contributed by atoms with Crippen LogP contribution in [-0.4, -0.2) is 11.6 Å². The van der Waals surface area contributed by atoms with E-state index in [-0.39, 0.29) is 42.3 Å². The van der Waals surface area contributed by atoms with E-state index in [0.29, 0.717) is 10.9 Å². The highest BCUT2D eigenvalue weighted by molar-refractivity contribution is 7.27. The Labute approximate surface area is 213 Å². The molecule has 0 radical (unpaired) electrons. The average Bonchev–Trinajstić information content (AvgIpc) is 2.79. The van der Waals surface area contributed by atoms with Gasteiger partial charge in [-0.3, -0.25) is 9.59 Å². The molecule has 0 amide bonds. The summed E-state index contributed by atoms with van der Waals surface area (Å²) in [5.74, 6) is -0.944. The summed E-state index contributed by atoms with van der Waals surface area (Å²) in [6, 6.07) is 22.5. The Morgan fingerprint density at radius 3 is 1.45 bits per heavy atom.